The first-order chi connectivity index (χ1) is 8.04. The molecule has 1 aromatic rings. The molecule has 5 heteroatoms. The third-order valence-corrected chi connectivity index (χ3v) is 3.46. The first kappa shape index (κ1) is 14.0. The van der Waals surface area contributed by atoms with Crippen molar-refractivity contribution in [1.29, 1.82) is 0 Å². The van der Waals surface area contributed by atoms with E-state index in [1.807, 2.05) is 0 Å². The molecule has 1 rings (SSSR count). The van der Waals surface area contributed by atoms with Crippen molar-refractivity contribution in [2.75, 3.05) is 19.4 Å². The average molecular weight is 257 g/mol. The molecule has 0 fully saturated rings. The minimum absolute atomic E-state index is 0.289. The Labute approximate surface area is 103 Å². The number of unbranched alkanes of at least 4 members (excludes halogenated alkanes) is 2. The van der Waals surface area contributed by atoms with Gasteiger partial charge < -0.3 is 10.5 Å². The SMILES string of the molecule is CS(=O)(=O)c1cccc(OCCCCCN)c1. The van der Waals surface area contributed by atoms with Crippen molar-refractivity contribution in [1.82, 2.24) is 0 Å². The maximum atomic E-state index is 11.3. The fraction of sp³-hybridized carbons (Fsp3) is 0.500. The Morgan fingerprint density at radius 3 is 2.65 bits per heavy atom. The van der Waals surface area contributed by atoms with E-state index in [1.165, 1.54) is 6.26 Å². The van der Waals surface area contributed by atoms with E-state index in [9.17, 15) is 8.42 Å². The molecule has 0 aliphatic heterocycles. The van der Waals surface area contributed by atoms with Crippen molar-refractivity contribution in [3.63, 3.8) is 0 Å². The van der Waals surface area contributed by atoms with Gasteiger partial charge >= 0.3 is 0 Å². The van der Waals surface area contributed by atoms with E-state index < -0.39 is 9.84 Å². The highest BCUT2D eigenvalue weighted by Gasteiger charge is 2.07. The van der Waals surface area contributed by atoms with Crippen LogP contribution in [0.15, 0.2) is 29.2 Å². The predicted octanol–water partition coefficient (Wildman–Crippen LogP) is 1.60. The monoisotopic (exact) mass is 257 g/mol. The van der Waals surface area contributed by atoms with Crippen molar-refractivity contribution in [2.24, 2.45) is 5.73 Å². The smallest absolute Gasteiger partial charge is 0.175 e. The first-order valence-corrected chi connectivity index (χ1v) is 7.56. The van der Waals surface area contributed by atoms with Crippen molar-refractivity contribution in [2.45, 2.75) is 24.2 Å². The minimum Gasteiger partial charge on any atom is -0.494 e. The van der Waals surface area contributed by atoms with Crippen LogP contribution in [0.1, 0.15) is 19.3 Å². The molecule has 0 saturated heterocycles. The number of hydrogen-bond donors (Lipinski definition) is 1. The molecule has 0 radical (unpaired) electrons. The van der Waals surface area contributed by atoms with Crippen LogP contribution in [0, 0.1) is 0 Å². The van der Waals surface area contributed by atoms with Crippen molar-refractivity contribution < 1.29 is 13.2 Å². The molecule has 17 heavy (non-hydrogen) atoms. The van der Waals surface area contributed by atoms with Crippen LogP contribution in [-0.2, 0) is 9.84 Å². The van der Waals surface area contributed by atoms with E-state index in [2.05, 4.69) is 0 Å². The second kappa shape index (κ2) is 6.61. The van der Waals surface area contributed by atoms with Crippen LogP contribution in [0.2, 0.25) is 0 Å². The van der Waals surface area contributed by atoms with Crippen LogP contribution < -0.4 is 10.5 Å². The van der Waals surface area contributed by atoms with Gasteiger partial charge in [-0.3, -0.25) is 0 Å². The summed E-state index contributed by atoms with van der Waals surface area (Å²) in [7, 11) is -3.16. The van der Waals surface area contributed by atoms with Gasteiger partial charge in [0.05, 0.1) is 11.5 Å². The van der Waals surface area contributed by atoms with Gasteiger partial charge in [0.2, 0.25) is 0 Å². The molecule has 0 aliphatic carbocycles. The Bertz CT molecular complexity index is 443. The average Bonchev–Trinajstić information content (AvgIpc) is 2.28. The van der Waals surface area contributed by atoms with Gasteiger partial charge in [-0.15, -0.1) is 0 Å². The number of nitrogens with two attached hydrogens (primary N) is 1. The van der Waals surface area contributed by atoms with Gasteiger partial charge in [0.15, 0.2) is 9.84 Å². The second-order valence-corrected chi connectivity index (χ2v) is 5.96. The molecule has 0 aliphatic rings. The molecule has 0 aromatic heterocycles. The summed E-state index contributed by atoms with van der Waals surface area (Å²) in [4.78, 5) is 0.289. The Kier molecular flexibility index (Phi) is 5.44. The fourth-order valence-corrected chi connectivity index (χ4v) is 2.06. The molecular formula is C12H19NO3S. The number of hydrogen-bond acceptors (Lipinski definition) is 4. The minimum atomic E-state index is -3.16. The highest BCUT2D eigenvalue weighted by atomic mass is 32.2. The Morgan fingerprint density at radius 2 is 2.00 bits per heavy atom. The van der Waals surface area contributed by atoms with Crippen LogP contribution in [0.3, 0.4) is 0 Å². The summed E-state index contributed by atoms with van der Waals surface area (Å²) in [5.74, 6) is 0.598. The highest BCUT2D eigenvalue weighted by molar-refractivity contribution is 7.90. The summed E-state index contributed by atoms with van der Waals surface area (Å²) in [5.41, 5.74) is 5.38. The molecule has 2 N–H and O–H groups in total. The number of benzene rings is 1. The lowest BCUT2D eigenvalue weighted by Gasteiger charge is -2.07. The quantitative estimate of drug-likeness (QED) is 0.753. The van der Waals surface area contributed by atoms with Crippen LogP contribution in [-0.4, -0.2) is 27.8 Å². The van der Waals surface area contributed by atoms with Crippen molar-refractivity contribution >= 4 is 9.84 Å². The lowest BCUT2D eigenvalue weighted by atomic mass is 10.2. The Hall–Kier alpha value is -1.07. The lowest BCUT2D eigenvalue weighted by Crippen LogP contribution is -2.02. The lowest BCUT2D eigenvalue weighted by molar-refractivity contribution is 0.305. The summed E-state index contributed by atoms with van der Waals surface area (Å²) in [6.45, 7) is 1.29. The summed E-state index contributed by atoms with van der Waals surface area (Å²) >= 11 is 0. The van der Waals surface area contributed by atoms with E-state index in [0.29, 0.717) is 18.9 Å². The van der Waals surface area contributed by atoms with E-state index in [-0.39, 0.29) is 4.90 Å². The Balaban J connectivity index is 2.49. The standard InChI is InChI=1S/C12H19NO3S/c1-17(14,15)12-7-5-6-11(10-12)16-9-4-2-3-8-13/h5-7,10H,2-4,8-9,13H2,1H3. The van der Waals surface area contributed by atoms with Gasteiger partial charge in [-0.25, -0.2) is 8.42 Å². The molecule has 0 spiro atoms. The van der Waals surface area contributed by atoms with Crippen LogP contribution in [0.25, 0.3) is 0 Å². The van der Waals surface area contributed by atoms with Crippen LogP contribution in [0.5, 0.6) is 5.75 Å². The molecule has 0 atom stereocenters. The zero-order chi connectivity index (χ0) is 12.7. The molecule has 96 valence electrons. The molecule has 1 aromatic carbocycles. The summed E-state index contributed by atoms with van der Waals surface area (Å²) in [6, 6.07) is 6.57. The van der Waals surface area contributed by atoms with Gasteiger partial charge in [0.25, 0.3) is 0 Å². The van der Waals surface area contributed by atoms with Gasteiger partial charge in [-0.1, -0.05) is 6.07 Å². The Morgan fingerprint density at radius 1 is 1.24 bits per heavy atom. The highest BCUT2D eigenvalue weighted by Crippen LogP contribution is 2.17. The van der Waals surface area contributed by atoms with Gasteiger partial charge in [-0.2, -0.15) is 0 Å². The summed E-state index contributed by atoms with van der Waals surface area (Å²) in [6.07, 6.45) is 4.14. The van der Waals surface area contributed by atoms with E-state index in [4.69, 9.17) is 10.5 Å². The zero-order valence-electron chi connectivity index (χ0n) is 10.1. The molecular weight excluding hydrogens is 238 g/mol. The van der Waals surface area contributed by atoms with Crippen LogP contribution >= 0.6 is 0 Å². The molecule has 0 unspecified atom stereocenters. The second-order valence-electron chi connectivity index (χ2n) is 3.94. The maximum absolute atomic E-state index is 11.3. The zero-order valence-corrected chi connectivity index (χ0v) is 10.9. The van der Waals surface area contributed by atoms with Gasteiger partial charge in [0, 0.05) is 6.26 Å². The topological polar surface area (TPSA) is 69.4 Å². The van der Waals surface area contributed by atoms with E-state index >= 15 is 0 Å². The molecule has 0 heterocycles. The summed E-state index contributed by atoms with van der Waals surface area (Å²) < 4.78 is 28.1. The third-order valence-electron chi connectivity index (χ3n) is 2.35. The van der Waals surface area contributed by atoms with E-state index in [1.54, 1.807) is 24.3 Å². The molecule has 0 saturated carbocycles. The molecule has 0 amide bonds. The summed E-state index contributed by atoms with van der Waals surface area (Å²) in [5, 5.41) is 0. The first-order valence-electron chi connectivity index (χ1n) is 5.67. The van der Waals surface area contributed by atoms with Gasteiger partial charge in [0.1, 0.15) is 5.75 Å². The number of sulfone groups is 1. The largest absolute Gasteiger partial charge is 0.494 e. The van der Waals surface area contributed by atoms with Gasteiger partial charge in [-0.05, 0) is 44.0 Å². The van der Waals surface area contributed by atoms with E-state index in [0.717, 1.165) is 19.3 Å². The molecule has 4 nitrogen and oxygen atoms in total. The number of rotatable bonds is 7. The van der Waals surface area contributed by atoms with Crippen molar-refractivity contribution in [3.05, 3.63) is 24.3 Å². The molecule has 0 bridgehead atoms. The number of ether oxygens (including phenoxy) is 1. The van der Waals surface area contributed by atoms with Crippen molar-refractivity contribution in [3.8, 4) is 5.75 Å². The predicted molar refractivity (Wildman–Crippen MR) is 68.0 cm³/mol. The van der Waals surface area contributed by atoms with Crippen LogP contribution in [0.4, 0.5) is 0 Å². The third kappa shape index (κ3) is 5.19. The fourth-order valence-electron chi connectivity index (χ4n) is 1.41. The normalized spacial score (nSPS) is 11.4. The maximum Gasteiger partial charge on any atom is 0.175 e.